The van der Waals surface area contributed by atoms with Gasteiger partial charge in [-0.15, -0.1) is 0 Å². The molecule has 0 bridgehead atoms. The van der Waals surface area contributed by atoms with Crippen molar-refractivity contribution in [2.24, 2.45) is 0 Å². The van der Waals surface area contributed by atoms with E-state index in [2.05, 4.69) is 4.74 Å². The first kappa shape index (κ1) is 39.4. The summed E-state index contributed by atoms with van der Waals surface area (Å²) in [6, 6.07) is 7.80. The summed E-state index contributed by atoms with van der Waals surface area (Å²) in [6.45, 7) is -1.45. The number of halogens is 20. The van der Waals surface area contributed by atoms with Crippen molar-refractivity contribution in [1.82, 2.24) is 0 Å². The summed E-state index contributed by atoms with van der Waals surface area (Å²) in [7, 11) is -2.52. The van der Waals surface area contributed by atoms with Crippen LogP contribution in [0.15, 0.2) is 30.3 Å². The Kier molecular flexibility index (Phi) is 10.3. The van der Waals surface area contributed by atoms with Crippen LogP contribution < -0.4 is 0 Å². The predicted molar refractivity (Wildman–Crippen MR) is 117 cm³/mol. The molecule has 45 heavy (non-hydrogen) atoms. The molecule has 1 aliphatic heterocycles. The van der Waals surface area contributed by atoms with E-state index in [0.29, 0.717) is 5.56 Å². The van der Waals surface area contributed by atoms with E-state index in [9.17, 15) is 87.8 Å². The minimum absolute atomic E-state index is 0.121. The topological polar surface area (TPSA) is 9.23 Å². The van der Waals surface area contributed by atoms with Crippen LogP contribution in [-0.4, -0.2) is 84.5 Å². The third-order valence-corrected chi connectivity index (χ3v) is 12.4. The minimum atomic E-state index is -9.01. The normalized spacial score (nSPS) is 21.7. The molecule has 0 N–H and O–H groups in total. The zero-order valence-electron chi connectivity index (χ0n) is 22.0. The van der Waals surface area contributed by atoms with Crippen molar-refractivity contribution in [3.8, 4) is 0 Å². The van der Waals surface area contributed by atoms with Gasteiger partial charge < -0.3 is 4.74 Å². The average molecular weight is 723 g/mol. The van der Waals surface area contributed by atoms with E-state index in [1.807, 2.05) is 0 Å². The maximum atomic E-state index is 14.3. The molecule has 1 aromatic carbocycles. The summed E-state index contributed by atoms with van der Waals surface area (Å²) in [5, 5.41) is 0. The molecule has 0 amide bonds. The molecule has 2 unspecified atom stereocenters. The fourth-order valence-electron chi connectivity index (χ4n) is 4.30. The fourth-order valence-corrected chi connectivity index (χ4v) is 8.13. The smallest absolute Gasteiger partial charge is 0.337 e. The van der Waals surface area contributed by atoms with E-state index < -0.39 is 79.4 Å². The maximum absolute atomic E-state index is 14.3. The molecule has 262 valence electrons. The molecule has 0 aromatic heterocycles. The van der Waals surface area contributed by atoms with Crippen LogP contribution in [0.25, 0.3) is 0 Å². The Hall–Kier alpha value is -1.79. The second-order valence-electron chi connectivity index (χ2n) is 10.1. The predicted octanol–water partition coefficient (Wildman–Crippen LogP) is 9.95. The quantitative estimate of drug-likeness (QED) is 0.129. The van der Waals surface area contributed by atoms with E-state index in [1.165, 1.54) is 6.92 Å². The Bertz CT molecular complexity index is 1170. The van der Waals surface area contributed by atoms with Crippen LogP contribution in [0.3, 0.4) is 0 Å². The molecule has 1 aliphatic rings. The second kappa shape index (κ2) is 11.7. The van der Waals surface area contributed by atoms with E-state index in [-0.39, 0.29) is 24.9 Å². The van der Waals surface area contributed by atoms with Crippen molar-refractivity contribution in [2.75, 3.05) is 18.9 Å². The molecule has 1 aromatic rings. The molecule has 0 radical (unpaired) electrons. The van der Waals surface area contributed by atoms with Gasteiger partial charge in [-0.2, -0.15) is 79.0 Å². The second-order valence-corrected chi connectivity index (χ2v) is 14.5. The Balaban J connectivity index is 2.43. The first-order chi connectivity index (χ1) is 19.9. The van der Waals surface area contributed by atoms with Gasteiger partial charge in [0, 0.05) is 13.7 Å². The highest BCUT2D eigenvalue weighted by molar-refractivity contribution is 7.77. The Morgan fingerprint density at radius 2 is 1.04 bits per heavy atom. The summed E-state index contributed by atoms with van der Waals surface area (Å²) < 4.78 is 277. The van der Waals surface area contributed by atoms with Crippen molar-refractivity contribution < 1.29 is 92.5 Å². The van der Waals surface area contributed by atoms with Crippen molar-refractivity contribution in [3.05, 3.63) is 35.9 Å². The molecular formula is C23H20F20OP+. The van der Waals surface area contributed by atoms with Crippen molar-refractivity contribution in [3.63, 3.8) is 0 Å². The van der Waals surface area contributed by atoms with Gasteiger partial charge in [0.15, 0.2) is 5.85 Å². The molecule has 2 atom stereocenters. The lowest BCUT2D eigenvalue weighted by Crippen LogP contribution is -2.76. The van der Waals surface area contributed by atoms with E-state index in [4.69, 9.17) is 0 Å². The largest absolute Gasteiger partial charge is 0.385 e. The lowest BCUT2D eigenvalue weighted by Gasteiger charge is -2.45. The number of hydrogen-bond acceptors (Lipinski definition) is 1. The van der Waals surface area contributed by atoms with Crippen LogP contribution in [0.4, 0.5) is 87.8 Å². The molecule has 1 nitrogen and oxygen atoms in total. The zero-order chi connectivity index (χ0) is 35.5. The molecule has 2 rings (SSSR count). The van der Waals surface area contributed by atoms with Gasteiger partial charge in [0.05, 0.1) is 18.5 Å². The highest BCUT2D eigenvalue weighted by Crippen LogP contribution is 2.74. The lowest BCUT2D eigenvalue weighted by atomic mass is 9.86. The summed E-state index contributed by atoms with van der Waals surface area (Å²) >= 11 is 0. The first-order valence-corrected chi connectivity index (χ1v) is 14.5. The fraction of sp³-hybridized carbons (Fsp3) is 0.739. The number of alkyl halides is 20. The van der Waals surface area contributed by atoms with Crippen LogP contribution in [0, 0.1) is 0 Å². The van der Waals surface area contributed by atoms with Crippen LogP contribution >= 0.6 is 7.26 Å². The van der Waals surface area contributed by atoms with E-state index in [1.54, 1.807) is 30.3 Å². The van der Waals surface area contributed by atoms with E-state index >= 15 is 0 Å². The van der Waals surface area contributed by atoms with Crippen LogP contribution in [-0.2, 0) is 10.9 Å². The SMILES string of the molecule is CC[P+]1(Cc2ccccc2)CCC1OCC(F)(F)C(F)(F)C(F)(F)C(F)(F)C(F)(F)C(F)(F)C(F)(F)C(F)(F)C(F)(F)C(F)F. The van der Waals surface area contributed by atoms with Gasteiger partial charge in [-0.1, -0.05) is 30.3 Å². The highest BCUT2D eigenvalue weighted by atomic mass is 31.2. The summed E-state index contributed by atoms with van der Waals surface area (Å²) in [6.07, 6.45) is -5.70. The zero-order valence-corrected chi connectivity index (χ0v) is 22.9. The molecular weight excluding hydrogens is 703 g/mol. The highest BCUT2D eigenvalue weighted by Gasteiger charge is 2.96. The van der Waals surface area contributed by atoms with Gasteiger partial charge in [-0.05, 0) is 12.5 Å². The number of benzene rings is 1. The average Bonchev–Trinajstić information content (AvgIpc) is 2.90. The lowest BCUT2D eigenvalue weighted by molar-refractivity contribution is -0.466. The van der Waals surface area contributed by atoms with Gasteiger partial charge in [-0.25, -0.2) is 8.78 Å². The summed E-state index contributed by atoms with van der Waals surface area (Å²) in [5.41, 5.74) is 0.584. The van der Waals surface area contributed by atoms with Crippen LogP contribution in [0.2, 0.25) is 0 Å². The van der Waals surface area contributed by atoms with Gasteiger partial charge in [0.1, 0.15) is 6.61 Å². The third-order valence-electron chi connectivity index (χ3n) is 7.38. The van der Waals surface area contributed by atoms with Crippen LogP contribution in [0.1, 0.15) is 18.9 Å². The molecule has 1 saturated heterocycles. The number of ether oxygens (including phenoxy) is 1. The Labute approximate surface area is 240 Å². The molecule has 1 heterocycles. The monoisotopic (exact) mass is 723 g/mol. The number of hydrogen-bond donors (Lipinski definition) is 0. The molecule has 0 saturated carbocycles. The van der Waals surface area contributed by atoms with E-state index in [0.717, 1.165) is 0 Å². The van der Waals surface area contributed by atoms with Gasteiger partial charge in [0.25, 0.3) is 0 Å². The third kappa shape index (κ3) is 5.62. The molecule has 0 spiro atoms. The number of rotatable bonds is 15. The van der Waals surface area contributed by atoms with Crippen molar-refractivity contribution >= 4 is 7.26 Å². The summed E-state index contributed by atoms with van der Waals surface area (Å²) in [5.74, 6) is -76.4. The maximum Gasteiger partial charge on any atom is 0.385 e. The van der Waals surface area contributed by atoms with Gasteiger partial charge >= 0.3 is 59.7 Å². The van der Waals surface area contributed by atoms with Crippen LogP contribution in [0.5, 0.6) is 0 Å². The Morgan fingerprint density at radius 3 is 1.40 bits per heavy atom. The molecule has 1 fully saturated rings. The van der Waals surface area contributed by atoms with Gasteiger partial charge in [-0.3, -0.25) is 0 Å². The molecule has 0 aliphatic carbocycles. The molecule has 22 heteroatoms. The summed E-state index contributed by atoms with van der Waals surface area (Å²) in [4.78, 5) is 0. The van der Waals surface area contributed by atoms with Crippen molar-refractivity contribution in [2.45, 2.75) is 85.1 Å². The minimum Gasteiger partial charge on any atom is -0.337 e. The van der Waals surface area contributed by atoms with Gasteiger partial charge in [0.2, 0.25) is 0 Å². The Morgan fingerprint density at radius 1 is 0.644 bits per heavy atom. The van der Waals surface area contributed by atoms with Crippen molar-refractivity contribution in [1.29, 1.82) is 0 Å². The standard InChI is InChI=1S/C23H20F20OP/c1-2-45(10-12-6-4-3-5-7-12)9-8-13(45)44-11-15(26,27)17(30,31)19(34,35)21(38,39)23(42,43)22(40,41)20(36,37)18(32,33)16(28,29)14(24)25/h3-7,13-14H,2,8-11H2,1H3/q+1. The first-order valence-electron chi connectivity index (χ1n) is 12.1.